The topological polar surface area (TPSA) is 99.0 Å². The number of rotatable bonds is 9. The number of carbonyl (C=O) groups excluding carboxylic acids is 2. The lowest BCUT2D eigenvalue weighted by Gasteiger charge is -2.28. The molecule has 37 heavy (non-hydrogen) atoms. The van der Waals surface area contributed by atoms with Gasteiger partial charge in [0.25, 0.3) is 11.7 Å². The highest BCUT2D eigenvalue weighted by molar-refractivity contribution is 6.46. The van der Waals surface area contributed by atoms with Crippen molar-refractivity contribution in [3.8, 4) is 17.2 Å². The molecule has 2 aliphatic heterocycles. The summed E-state index contributed by atoms with van der Waals surface area (Å²) in [5.74, 6) is 0.111. The Labute approximate surface area is 217 Å². The van der Waals surface area contributed by atoms with Crippen molar-refractivity contribution in [3.05, 3.63) is 58.7 Å². The summed E-state index contributed by atoms with van der Waals surface area (Å²) in [7, 11) is 4.65. The van der Waals surface area contributed by atoms with E-state index in [1.807, 2.05) is 6.92 Å². The first-order valence-corrected chi connectivity index (χ1v) is 12.5. The molecular formula is C28H35N2O7+. The zero-order valence-corrected chi connectivity index (χ0v) is 21.8. The number of ether oxygens (including phenoxy) is 4. The first-order chi connectivity index (χ1) is 17.9. The summed E-state index contributed by atoms with van der Waals surface area (Å²) in [5, 5.41) is 11.4. The number of Topliss-reactive ketones (excluding diaryl/α,β-unsaturated/α-hetero) is 1. The molecule has 9 nitrogen and oxygen atoms in total. The van der Waals surface area contributed by atoms with Gasteiger partial charge in [0.2, 0.25) is 0 Å². The molecule has 0 aromatic heterocycles. The number of ketones is 1. The van der Waals surface area contributed by atoms with E-state index in [1.54, 1.807) is 55.5 Å². The Morgan fingerprint density at radius 2 is 1.73 bits per heavy atom. The third kappa shape index (κ3) is 5.42. The average Bonchev–Trinajstić information content (AvgIpc) is 3.17. The molecule has 2 fully saturated rings. The van der Waals surface area contributed by atoms with Crippen LogP contribution in [0.3, 0.4) is 0 Å². The van der Waals surface area contributed by atoms with Crippen molar-refractivity contribution >= 4 is 17.4 Å². The van der Waals surface area contributed by atoms with Gasteiger partial charge in [0.1, 0.15) is 36.1 Å². The molecule has 0 bridgehead atoms. The molecule has 1 unspecified atom stereocenters. The van der Waals surface area contributed by atoms with Gasteiger partial charge in [-0.05, 0) is 48.9 Å². The maximum atomic E-state index is 13.4. The Morgan fingerprint density at radius 3 is 2.38 bits per heavy atom. The third-order valence-corrected chi connectivity index (χ3v) is 7.07. The lowest BCUT2D eigenvalue weighted by atomic mass is 9.94. The van der Waals surface area contributed by atoms with Gasteiger partial charge in [-0.3, -0.25) is 9.59 Å². The Balaban J connectivity index is 1.77. The second-order valence-corrected chi connectivity index (χ2v) is 9.25. The SMILES string of the molecule is COc1ccc(OC)c(C2C(=C(O)c3ccc(OC)c(C)c3)C(=O)C(=O)N2CCC[NH+]2CCOCC2)c1. The molecule has 0 radical (unpaired) electrons. The third-order valence-electron chi connectivity index (χ3n) is 7.07. The van der Waals surface area contributed by atoms with Crippen LogP contribution in [0.1, 0.15) is 29.2 Å². The van der Waals surface area contributed by atoms with Gasteiger partial charge in [0.15, 0.2) is 0 Å². The molecule has 2 aromatic rings. The summed E-state index contributed by atoms with van der Waals surface area (Å²) in [5.41, 5.74) is 1.83. The van der Waals surface area contributed by atoms with E-state index < -0.39 is 17.7 Å². The van der Waals surface area contributed by atoms with Gasteiger partial charge >= 0.3 is 0 Å². The summed E-state index contributed by atoms with van der Waals surface area (Å²) in [6, 6.07) is 9.56. The number of hydrogen-bond donors (Lipinski definition) is 2. The minimum Gasteiger partial charge on any atom is -0.507 e. The number of nitrogens with zero attached hydrogens (tertiary/aromatic N) is 1. The van der Waals surface area contributed by atoms with Crippen molar-refractivity contribution in [1.29, 1.82) is 0 Å². The fraction of sp³-hybridized carbons (Fsp3) is 0.429. The van der Waals surface area contributed by atoms with Crippen molar-refractivity contribution in [1.82, 2.24) is 4.90 Å². The van der Waals surface area contributed by atoms with E-state index in [1.165, 1.54) is 12.0 Å². The lowest BCUT2D eigenvalue weighted by molar-refractivity contribution is -0.908. The number of aliphatic hydroxyl groups excluding tert-OH is 1. The lowest BCUT2D eigenvalue weighted by Crippen LogP contribution is -3.14. The number of morpholine rings is 1. The Hall–Kier alpha value is -3.56. The van der Waals surface area contributed by atoms with Crippen molar-refractivity contribution < 1.29 is 38.5 Å². The van der Waals surface area contributed by atoms with Crippen LogP contribution in [0, 0.1) is 6.92 Å². The highest BCUT2D eigenvalue weighted by atomic mass is 16.5. The van der Waals surface area contributed by atoms with E-state index in [4.69, 9.17) is 18.9 Å². The van der Waals surface area contributed by atoms with E-state index in [2.05, 4.69) is 0 Å². The number of hydrogen-bond acceptors (Lipinski definition) is 7. The second-order valence-electron chi connectivity index (χ2n) is 9.25. The second kappa shape index (κ2) is 11.7. The van der Waals surface area contributed by atoms with Crippen LogP contribution in [0.4, 0.5) is 0 Å². The highest BCUT2D eigenvalue weighted by Crippen LogP contribution is 2.44. The molecule has 2 saturated heterocycles. The van der Waals surface area contributed by atoms with E-state index in [0.29, 0.717) is 41.3 Å². The van der Waals surface area contributed by atoms with Gasteiger partial charge in [-0.15, -0.1) is 0 Å². The number of quaternary nitrogens is 1. The summed E-state index contributed by atoms with van der Waals surface area (Å²) < 4.78 is 21.8. The number of carbonyl (C=O) groups is 2. The predicted molar refractivity (Wildman–Crippen MR) is 137 cm³/mol. The van der Waals surface area contributed by atoms with Gasteiger partial charge in [-0.25, -0.2) is 0 Å². The molecule has 1 atom stereocenters. The fourth-order valence-electron chi connectivity index (χ4n) is 5.08. The average molecular weight is 512 g/mol. The van der Waals surface area contributed by atoms with Gasteiger partial charge in [0.05, 0.1) is 52.7 Å². The van der Waals surface area contributed by atoms with Crippen molar-refractivity contribution in [2.24, 2.45) is 0 Å². The van der Waals surface area contributed by atoms with Crippen LogP contribution in [-0.4, -0.2) is 82.4 Å². The molecule has 0 spiro atoms. The number of aryl methyl sites for hydroxylation is 1. The molecule has 9 heteroatoms. The van der Waals surface area contributed by atoms with E-state index in [9.17, 15) is 14.7 Å². The molecule has 4 rings (SSSR count). The van der Waals surface area contributed by atoms with Gasteiger partial charge in [0, 0.05) is 24.1 Å². The van der Waals surface area contributed by atoms with Crippen molar-refractivity contribution in [2.75, 3.05) is 60.7 Å². The van der Waals surface area contributed by atoms with Crippen molar-refractivity contribution in [3.63, 3.8) is 0 Å². The minimum atomic E-state index is -0.827. The minimum absolute atomic E-state index is 0.0276. The highest BCUT2D eigenvalue weighted by Gasteiger charge is 2.47. The maximum absolute atomic E-state index is 13.4. The molecule has 2 N–H and O–H groups in total. The molecule has 2 heterocycles. The molecular weight excluding hydrogens is 476 g/mol. The zero-order valence-electron chi connectivity index (χ0n) is 21.8. The van der Waals surface area contributed by atoms with Crippen LogP contribution >= 0.6 is 0 Å². The van der Waals surface area contributed by atoms with Gasteiger partial charge < -0.3 is 33.9 Å². The number of methoxy groups -OCH3 is 3. The van der Waals surface area contributed by atoms with E-state index >= 15 is 0 Å². The Bertz CT molecular complexity index is 1190. The monoisotopic (exact) mass is 511 g/mol. The van der Waals surface area contributed by atoms with Gasteiger partial charge in [-0.2, -0.15) is 0 Å². The molecule has 0 saturated carbocycles. The largest absolute Gasteiger partial charge is 0.507 e. The standard InChI is InChI=1S/C28H34N2O7/c1-18-16-19(6-8-22(18)35-3)26(31)24-25(21-17-20(34-2)7-9-23(21)36-4)30(28(33)27(24)32)11-5-10-29-12-14-37-15-13-29/h6-9,16-17,25,31H,5,10-15H2,1-4H3/p+1. The molecule has 2 aromatic carbocycles. The summed E-state index contributed by atoms with van der Waals surface area (Å²) in [6.07, 6.45) is 0.701. The number of benzene rings is 2. The first-order valence-electron chi connectivity index (χ1n) is 12.5. The number of nitrogens with one attached hydrogen (secondary N) is 1. The molecule has 2 aliphatic rings. The quantitative estimate of drug-likeness (QED) is 0.301. The van der Waals surface area contributed by atoms with Crippen LogP contribution in [0.5, 0.6) is 17.2 Å². The predicted octanol–water partition coefficient (Wildman–Crippen LogP) is 1.75. The first kappa shape index (κ1) is 26.5. The Kier molecular flexibility index (Phi) is 8.35. The van der Waals surface area contributed by atoms with Gasteiger partial charge in [-0.1, -0.05) is 0 Å². The van der Waals surface area contributed by atoms with E-state index in [0.717, 1.165) is 38.4 Å². The number of aliphatic hydroxyl groups is 1. The van der Waals surface area contributed by atoms with Crippen molar-refractivity contribution in [2.45, 2.75) is 19.4 Å². The maximum Gasteiger partial charge on any atom is 0.295 e. The summed E-state index contributed by atoms with van der Waals surface area (Å²) in [4.78, 5) is 29.7. The van der Waals surface area contributed by atoms with E-state index in [-0.39, 0.29) is 11.3 Å². The number of likely N-dealkylation sites (tertiary alicyclic amines) is 1. The zero-order chi connectivity index (χ0) is 26.5. The van der Waals surface area contributed by atoms with Crippen LogP contribution in [0.25, 0.3) is 5.76 Å². The smallest absolute Gasteiger partial charge is 0.295 e. The van der Waals surface area contributed by atoms with Crippen LogP contribution in [0.15, 0.2) is 42.0 Å². The normalized spacial score (nSPS) is 19.8. The summed E-state index contributed by atoms with van der Waals surface area (Å²) in [6.45, 7) is 6.35. The molecule has 198 valence electrons. The molecule has 0 aliphatic carbocycles. The fourth-order valence-corrected chi connectivity index (χ4v) is 5.08. The van der Waals surface area contributed by atoms with Crippen LogP contribution < -0.4 is 19.1 Å². The number of amides is 1. The Morgan fingerprint density at radius 1 is 1.03 bits per heavy atom. The van der Waals surface area contributed by atoms with Crippen LogP contribution in [0.2, 0.25) is 0 Å². The van der Waals surface area contributed by atoms with Crippen LogP contribution in [-0.2, 0) is 14.3 Å². The summed E-state index contributed by atoms with van der Waals surface area (Å²) >= 11 is 0. The molecule has 1 amide bonds.